The molecule has 1 aromatic heterocycles. The molecule has 0 unspecified atom stereocenters. The molecule has 0 aliphatic rings. The van der Waals surface area contributed by atoms with Crippen molar-refractivity contribution in [1.29, 1.82) is 5.26 Å². The fraction of sp³-hybridized carbons (Fsp3) is 0.0625. The van der Waals surface area contributed by atoms with E-state index in [1.54, 1.807) is 24.3 Å². The van der Waals surface area contributed by atoms with E-state index in [-0.39, 0.29) is 18.2 Å². The molecule has 1 heterocycles. The van der Waals surface area contributed by atoms with Gasteiger partial charge in [-0.15, -0.1) is 0 Å². The molecule has 2 aromatic carbocycles. The number of hydrogen-bond donors (Lipinski definition) is 0. The SMILES string of the molecule is N#Cc1oc2ccccc2c1OCc1ccc(Br)cc1F. The fourth-order valence-corrected chi connectivity index (χ4v) is 2.36. The lowest BCUT2D eigenvalue weighted by Gasteiger charge is -2.06. The van der Waals surface area contributed by atoms with Gasteiger partial charge in [-0.25, -0.2) is 4.39 Å². The molecule has 0 fully saturated rings. The molecular formula is C16H9BrFNO2. The van der Waals surface area contributed by atoms with Crippen molar-refractivity contribution in [2.75, 3.05) is 0 Å². The predicted molar refractivity (Wildman–Crippen MR) is 79.4 cm³/mol. The number of ether oxygens (including phenoxy) is 1. The molecule has 5 heteroatoms. The second-order valence-corrected chi connectivity index (χ2v) is 5.31. The van der Waals surface area contributed by atoms with Crippen LogP contribution >= 0.6 is 15.9 Å². The standard InChI is InChI=1S/C16H9BrFNO2/c17-11-6-5-10(13(18)7-11)9-20-16-12-3-1-2-4-14(12)21-15(16)8-19/h1-7H,9H2. The highest BCUT2D eigenvalue weighted by Gasteiger charge is 2.15. The molecule has 3 rings (SSSR count). The molecule has 3 nitrogen and oxygen atoms in total. The van der Waals surface area contributed by atoms with E-state index in [1.165, 1.54) is 6.07 Å². The zero-order valence-electron chi connectivity index (χ0n) is 10.8. The second kappa shape index (κ2) is 5.58. The molecule has 0 radical (unpaired) electrons. The van der Waals surface area contributed by atoms with E-state index in [4.69, 9.17) is 14.4 Å². The first-order chi connectivity index (χ1) is 10.2. The Balaban J connectivity index is 1.93. The number of fused-ring (bicyclic) bond motifs is 1. The first-order valence-corrected chi connectivity index (χ1v) is 6.96. The summed E-state index contributed by atoms with van der Waals surface area (Å²) in [5.41, 5.74) is 0.979. The van der Waals surface area contributed by atoms with Crippen molar-refractivity contribution in [3.8, 4) is 11.8 Å². The van der Waals surface area contributed by atoms with Crippen LogP contribution in [-0.4, -0.2) is 0 Å². The summed E-state index contributed by atoms with van der Waals surface area (Å²) in [7, 11) is 0. The number of para-hydroxylation sites is 1. The van der Waals surface area contributed by atoms with E-state index in [0.29, 0.717) is 26.8 Å². The summed E-state index contributed by atoms with van der Waals surface area (Å²) in [5.74, 6) is 0.0693. The number of furan rings is 1. The van der Waals surface area contributed by atoms with E-state index in [0.717, 1.165) is 0 Å². The third kappa shape index (κ3) is 2.63. The number of nitriles is 1. The van der Waals surface area contributed by atoms with Crippen LogP contribution in [0, 0.1) is 17.1 Å². The summed E-state index contributed by atoms with van der Waals surface area (Å²) in [5, 5.41) is 9.80. The van der Waals surface area contributed by atoms with Crippen LogP contribution in [0.3, 0.4) is 0 Å². The third-order valence-corrected chi connectivity index (χ3v) is 3.53. The summed E-state index contributed by atoms with van der Waals surface area (Å²) in [6, 6.07) is 13.9. The number of rotatable bonds is 3. The van der Waals surface area contributed by atoms with Crippen LogP contribution in [-0.2, 0) is 6.61 Å². The third-order valence-electron chi connectivity index (χ3n) is 3.04. The van der Waals surface area contributed by atoms with E-state index in [9.17, 15) is 4.39 Å². The van der Waals surface area contributed by atoms with E-state index < -0.39 is 0 Å². The zero-order chi connectivity index (χ0) is 14.8. The summed E-state index contributed by atoms with van der Waals surface area (Å²) in [6.07, 6.45) is 0. The van der Waals surface area contributed by atoms with Gasteiger partial charge >= 0.3 is 0 Å². The van der Waals surface area contributed by atoms with Crippen LogP contribution in [0.1, 0.15) is 11.3 Å². The molecule has 0 aliphatic carbocycles. The minimum Gasteiger partial charge on any atom is -0.483 e. The highest BCUT2D eigenvalue weighted by molar-refractivity contribution is 9.10. The Kier molecular flexibility index (Phi) is 3.63. The maximum absolute atomic E-state index is 13.8. The Morgan fingerprint density at radius 1 is 1.24 bits per heavy atom. The van der Waals surface area contributed by atoms with Gasteiger partial charge in [-0.3, -0.25) is 0 Å². The average Bonchev–Trinajstić information content (AvgIpc) is 2.84. The van der Waals surface area contributed by atoms with Gasteiger partial charge in [-0.05, 0) is 24.3 Å². The molecule has 21 heavy (non-hydrogen) atoms. The first-order valence-electron chi connectivity index (χ1n) is 6.17. The Labute approximate surface area is 128 Å². The normalized spacial score (nSPS) is 10.5. The number of nitrogens with zero attached hydrogens (tertiary/aromatic N) is 1. The summed E-state index contributed by atoms with van der Waals surface area (Å²) < 4.78 is 25.5. The number of hydrogen-bond acceptors (Lipinski definition) is 3. The van der Waals surface area contributed by atoms with Crippen molar-refractivity contribution in [2.24, 2.45) is 0 Å². The lowest BCUT2D eigenvalue weighted by molar-refractivity contribution is 0.297. The van der Waals surface area contributed by atoms with Gasteiger partial charge < -0.3 is 9.15 Å². The maximum Gasteiger partial charge on any atom is 0.246 e. The average molecular weight is 346 g/mol. The van der Waals surface area contributed by atoms with Gasteiger partial charge in [-0.1, -0.05) is 34.1 Å². The van der Waals surface area contributed by atoms with Crippen LogP contribution in [0.2, 0.25) is 0 Å². The van der Waals surface area contributed by atoms with Gasteiger partial charge in [0.15, 0.2) is 5.75 Å². The molecule has 0 aliphatic heterocycles. The van der Waals surface area contributed by atoms with Crippen molar-refractivity contribution < 1.29 is 13.5 Å². The lowest BCUT2D eigenvalue weighted by Crippen LogP contribution is -1.99. The van der Waals surface area contributed by atoms with E-state index in [2.05, 4.69) is 15.9 Å². The first kappa shape index (κ1) is 13.7. The number of halogens is 2. The van der Waals surface area contributed by atoms with E-state index in [1.807, 2.05) is 18.2 Å². The van der Waals surface area contributed by atoms with Crippen molar-refractivity contribution >= 4 is 26.9 Å². The molecular weight excluding hydrogens is 337 g/mol. The summed E-state index contributed by atoms with van der Waals surface area (Å²) >= 11 is 3.20. The molecule has 0 spiro atoms. The van der Waals surface area contributed by atoms with Crippen LogP contribution in [0.4, 0.5) is 4.39 Å². The zero-order valence-corrected chi connectivity index (χ0v) is 12.4. The van der Waals surface area contributed by atoms with Crippen LogP contribution in [0.25, 0.3) is 11.0 Å². The van der Waals surface area contributed by atoms with Gasteiger partial charge in [0.25, 0.3) is 0 Å². The second-order valence-electron chi connectivity index (χ2n) is 4.39. The Bertz CT molecular complexity index is 851. The van der Waals surface area contributed by atoms with Crippen LogP contribution < -0.4 is 4.74 Å². The monoisotopic (exact) mass is 345 g/mol. The highest BCUT2D eigenvalue weighted by atomic mass is 79.9. The molecule has 0 saturated heterocycles. The molecule has 3 aromatic rings. The highest BCUT2D eigenvalue weighted by Crippen LogP contribution is 2.33. The molecule has 104 valence electrons. The minimum atomic E-state index is -0.365. The summed E-state index contributed by atoms with van der Waals surface area (Å²) in [4.78, 5) is 0. The van der Waals surface area contributed by atoms with Gasteiger partial charge in [-0.2, -0.15) is 5.26 Å². The summed E-state index contributed by atoms with van der Waals surface area (Å²) in [6.45, 7) is 0.0251. The van der Waals surface area contributed by atoms with Crippen molar-refractivity contribution in [3.05, 3.63) is 64.1 Å². The van der Waals surface area contributed by atoms with Crippen molar-refractivity contribution in [1.82, 2.24) is 0 Å². The van der Waals surface area contributed by atoms with Crippen molar-refractivity contribution in [3.63, 3.8) is 0 Å². The predicted octanol–water partition coefficient (Wildman–Crippen LogP) is 4.79. The molecule has 0 N–H and O–H groups in total. The Hall–Kier alpha value is -2.32. The number of benzene rings is 2. The van der Waals surface area contributed by atoms with Gasteiger partial charge in [0, 0.05) is 10.0 Å². The molecule has 0 saturated carbocycles. The Morgan fingerprint density at radius 2 is 2.05 bits per heavy atom. The minimum absolute atomic E-state index is 0.0251. The fourth-order valence-electron chi connectivity index (χ4n) is 2.03. The van der Waals surface area contributed by atoms with Crippen LogP contribution in [0.5, 0.6) is 5.75 Å². The molecule has 0 atom stereocenters. The van der Waals surface area contributed by atoms with Crippen LogP contribution in [0.15, 0.2) is 51.4 Å². The van der Waals surface area contributed by atoms with Gasteiger partial charge in [0.1, 0.15) is 24.1 Å². The smallest absolute Gasteiger partial charge is 0.246 e. The largest absolute Gasteiger partial charge is 0.483 e. The lowest BCUT2D eigenvalue weighted by atomic mass is 10.2. The van der Waals surface area contributed by atoms with Gasteiger partial charge in [0.05, 0.1) is 5.39 Å². The van der Waals surface area contributed by atoms with Gasteiger partial charge in [0.2, 0.25) is 5.76 Å². The topological polar surface area (TPSA) is 46.2 Å². The van der Waals surface area contributed by atoms with E-state index >= 15 is 0 Å². The molecule has 0 bridgehead atoms. The quantitative estimate of drug-likeness (QED) is 0.685. The maximum atomic E-state index is 13.8. The Morgan fingerprint density at radius 3 is 2.81 bits per heavy atom. The van der Waals surface area contributed by atoms with Crippen molar-refractivity contribution in [2.45, 2.75) is 6.61 Å². The molecule has 0 amide bonds.